The highest BCUT2D eigenvalue weighted by molar-refractivity contribution is 8.02. The van der Waals surface area contributed by atoms with Gasteiger partial charge in [0.05, 0.1) is 43.2 Å². The Hall–Kier alpha value is -3.43. The molecule has 0 spiro atoms. The molecule has 7 nitrogen and oxygen atoms in total. The summed E-state index contributed by atoms with van der Waals surface area (Å²) in [5.74, 6) is -0.0676. The lowest BCUT2D eigenvalue weighted by Crippen LogP contribution is -2.16. The molecule has 0 saturated carbocycles. The standard InChI is InChI=1S/C25H17N5O2S4/c26-12-15-11-16(27-22(31)13-33-24-29-18-5-1-3-7-20(18)35-24)9-10-17(15)28-23(32)14-34-25-30-19-6-2-4-8-21(19)36-25/h1-11H,13-14H2,(H,27,31)(H,28,32). The van der Waals surface area contributed by atoms with Crippen LogP contribution in [0.15, 0.2) is 75.4 Å². The number of carbonyl (C=O) groups is 2. The molecule has 0 saturated heterocycles. The average molecular weight is 548 g/mol. The van der Waals surface area contributed by atoms with E-state index in [1.807, 2.05) is 48.5 Å². The van der Waals surface area contributed by atoms with Crippen molar-refractivity contribution in [2.24, 2.45) is 0 Å². The number of hydrogen-bond donors (Lipinski definition) is 2. The molecule has 0 radical (unpaired) electrons. The van der Waals surface area contributed by atoms with Crippen molar-refractivity contribution in [1.82, 2.24) is 9.97 Å². The second-order valence-electron chi connectivity index (χ2n) is 7.44. The number of amides is 2. The molecular formula is C25H17N5O2S4. The summed E-state index contributed by atoms with van der Waals surface area (Å²) in [5.41, 5.74) is 2.98. The van der Waals surface area contributed by atoms with Gasteiger partial charge in [0.2, 0.25) is 11.8 Å². The third-order valence-electron chi connectivity index (χ3n) is 4.90. The van der Waals surface area contributed by atoms with Gasteiger partial charge in [-0.25, -0.2) is 9.97 Å². The number of thioether (sulfide) groups is 2. The van der Waals surface area contributed by atoms with Crippen molar-refractivity contribution in [3.8, 4) is 6.07 Å². The van der Waals surface area contributed by atoms with Gasteiger partial charge in [-0.3, -0.25) is 9.59 Å². The number of aromatic nitrogens is 2. The van der Waals surface area contributed by atoms with Crippen LogP contribution >= 0.6 is 46.2 Å². The highest BCUT2D eigenvalue weighted by Crippen LogP contribution is 2.31. The first-order valence-electron chi connectivity index (χ1n) is 10.7. The zero-order valence-corrected chi connectivity index (χ0v) is 21.8. The van der Waals surface area contributed by atoms with Gasteiger partial charge in [-0.15, -0.1) is 22.7 Å². The number of anilines is 2. The van der Waals surface area contributed by atoms with Gasteiger partial charge in [-0.05, 0) is 42.5 Å². The summed E-state index contributed by atoms with van der Waals surface area (Å²) in [4.78, 5) is 33.9. The first kappa shape index (κ1) is 24.3. The zero-order valence-electron chi connectivity index (χ0n) is 18.6. The minimum absolute atomic E-state index is 0.173. The highest BCUT2D eigenvalue weighted by atomic mass is 32.2. The molecule has 2 amide bonds. The lowest BCUT2D eigenvalue weighted by molar-refractivity contribution is -0.114. The molecule has 2 heterocycles. The van der Waals surface area contributed by atoms with Crippen molar-refractivity contribution in [1.29, 1.82) is 5.26 Å². The molecule has 0 aliphatic heterocycles. The summed E-state index contributed by atoms with van der Waals surface area (Å²) in [6, 6.07) is 22.6. The van der Waals surface area contributed by atoms with Gasteiger partial charge in [0.25, 0.3) is 0 Å². The van der Waals surface area contributed by atoms with E-state index in [1.165, 1.54) is 34.9 Å². The number of nitrogens with one attached hydrogen (secondary N) is 2. The molecule has 0 fully saturated rings. The van der Waals surface area contributed by atoms with Gasteiger partial charge in [0.1, 0.15) is 6.07 Å². The predicted molar refractivity (Wildman–Crippen MR) is 149 cm³/mol. The minimum atomic E-state index is -0.236. The predicted octanol–water partition coefficient (Wildman–Crippen LogP) is 6.24. The minimum Gasteiger partial charge on any atom is -0.325 e. The highest BCUT2D eigenvalue weighted by Gasteiger charge is 2.13. The zero-order chi connectivity index (χ0) is 24.9. The largest absolute Gasteiger partial charge is 0.325 e. The molecule has 11 heteroatoms. The van der Waals surface area contributed by atoms with E-state index in [9.17, 15) is 14.9 Å². The fourth-order valence-corrected chi connectivity index (χ4v) is 7.02. The fraction of sp³-hybridized carbons (Fsp3) is 0.0800. The molecule has 0 aliphatic rings. The van der Waals surface area contributed by atoms with E-state index >= 15 is 0 Å². The summed E-state index contributed by atoms with van der Waals surface area (Å²) in [6.07, 6.45) is 0. The van der Waals surface area contributed by atoms with Crippen molar-refractivity contribution in [2.45, 2.75) is 8.68 Å². The topological polar surface area (TPSA) is 108 Å². The molecule has 5 aromatic rings. The normalized spacial score (nSPS) is 10.9. The molecule has 36 heavy (non-hydrogen) atoms. The van der Waals surface area contributed by atoms with Crippen LogP contribution in [0, 0.1) is 11.3 Å². The molecule has 5 rings (SSSR count). The maximum absolute atomic E-state index is 12.5. The Balaban J connectivity index is 1.15. The second-order valence-corrected chi connectivity index (χ2v) is 11.9. The molecule has 0 unspecified atom stereocenters. The average Bonchev–Trinajstić information content (AvgIpc) is 3.50. The van der Waals surface area contributed by atoms with E-state index in [-0.39, 0.29) is 28.9 Å². The smallest absolute Gasteiger partial charge is 0.234 e. The molecular weight excluding hydrogens is 531 g/mol. The molecule has 178 valence electrons. The van der Waals surface area contributed by atoms with Crippen molar-refractivity contribution in [2.75, 3.05) is 22.1 Å². The summed E-state index contributed by atoms with van der Waals surface area (Å²) < 4.78 is 3.79. The Morgan fingerprint density at radius 3 is 1.92 bits per heavy atom. The van der Waals surface area contributed by atoms with E-state index < -0.39 is 0 Å². The van der Waals surface area contributed by atoms with Crippen LogP contribution in [0.4, 0.5) is 11.4 Å². The van der Waals surface area contributed by atoms with Crippen LogP contribution in [0.1, 0.15) is 5.56 Å². The molecule has 3 aromatic carbocycles. The van der Waals surface area contributed by atoms with E-state index in [0.717, 1.165) is 29.1 Å². The fourth-order valence-electron chi connectivity index (χ4n) is 3.29. The Kier molecular flexibility index (Phi) is 7.48. The van der Waals surface area contributed by atoms with Gasteiger partial charge < -0.3 is 10.6 Å². The molecule has 0 atom stereocenters. The number of nitrogens with zero attached hydrogens (tertiary/aromatic N) is 3. The van der Waals surface area contributed by atoms with E-state index in [0.29, 0.717) is 11.4 Å². The Morgan fingerprint density at radius 1 is 0.806 bits per heavy atom. The molecule has 0 bridgehead atoms. The Morgan fingerprint density at radius 2 is 1.36 bits per heavy atom. The van der Waals surface area contributed by atoms with Gasteiger partial charge in [0.15, 0.2) is 8.68 Å². The summed E-state index contributed by atoms with van der Waals surface area (Å²) >= 11 is 5.80. The lowest BCUT2D eigenvalue weighted by Gasteiger charge is -2.09. The summed E-state index contributed by atoms with van der Waals surface area (Å²) in [6.45, 7) is 0. The maximum atomic E-state index is 12.5. The monoisotopic (exact) mass is 547 g/mol. The number of nitriles is 1. The van der Waals surface area contributed by atoms with E-state index in [1.54, 1.807) is 29.5 Å². The summed E-state index contributed by atoms with van der Waals surface area (Å²) in [5, 5.41) is 15.1. The van der Waals surface area contributed by atoms with Crippen LogP contribution in [0.5, 0.6) is 0 Å². The van der Waals surface area contributed by atoms with Gasteiger partial charge in [-0.1, -0.05) is 47.8 Å². The van der Waals surface area contributed by atoms with Crippen LogP contribution in [0.25, 0.3) is 20.4 Å². The third kappa shape index (κ3) is 5.85. The van der Waals surface area contributed by atoms with Gasteiger partial charge >= 0.3 is 0 Å². The first-order chi connectivity index (χ1) is 17.6. The Bertz CT molecular complexity index is 1560. The number of fused-ring (bicyclic) bond motifs is 2. The number of hydrogen-bond acceptors (Lipinski definition) is 9. The van der Waals surface area contributed by atoms with Crippen molar-refractivity contribution in [3.63, 3.8) is 0 Å². The van der Waals surface area contributed by atoms with E-state index in [2.05, 4.69) is 26.7 Å². The van der Waals surface area contributed by atoms with Crippen molar-refractivity contribution >= 4 is 89.8 Å². The first-order valence-corrected chi connectivity index (χ1v) is 14.3. The van der Waals surface area contributed by atoms with Crippen LogP contribution < -0.4 is 10.6 Å². The molecule has 0 aliphatic carbocycles. The van der Waals surface area contributed by atoms with Gasteiger partial charge in [0, 0.05) is 5.69 Å². The van der Waals surface area contributed by atoms with Gasteiger partial charge in [-0.2, -0.15) is 5.26 Å². The number of thiazole rings is 2. The quantitative estimate of drug-likeness (QED) is 0.221. The van der Waals surface area contributed by atoms with E-state index in [4.69, 9.17) is 0 Å². The lowest BCUT2D eigenvalue weighted by atomic mass is 10.1. The molecule has 2 aromatic heterocycles. The number of rotatable bonds is 8. The van der Waals surface area contributed by atoms with Crippen LogP contribution in [0.3, 0.4) is 0 Å². The van der Waals surface area contributed by atoms with Crippen molar-refractivity contribution in [3.05, 3.63) is 72.3 Å². The number of carbonyl (C=O) groups excluding carboxylic acids is 2. The van der Waals surface area contributed by atoms with Crippen LogP contribution in [-0.2, 0) is 9.59 Å². The van der Waals surface area contributed by atoms with Crippen molar-refractivity contribution < 1.29 is 9.59 Å². The SMILES string of the molecule is N#Cc1cc(NC(=O)CSc2nc3ccccc3s2)ccc1NC(=O)CSc1nc2ccccc2s1. The summed E-state index contributed by atoms with van der Waals surface area (Å²) in [7, 11) is 0. The second kappa shape index (κ2) is 11.1. The number of benzene rings is 3. The maximum Gasteiger partial charge on any atom is 0.234 e. The number of para-hydroxylation sites is 2. The van der Waals surface area contributed by atoms with Crippen LogP contribution in [0.2, 0.25) is 0 Å². The van der Waals surface area contributed by atoms with Crippen LogP contribution in [-0.4, -0.2) is 33.3 Å². The molecule has 2 N–H and O–H groups in total. The third-order valence-corrected chi connectivity index (χ3v) is 9.26. The Labute approximate surface area is 223 Å².